The van der Waals surface area contributed by atoms with Gasteiger partial charge in [0.25, 0.3) is 5.56 Å². The van der Waals surface area contributed by atoms with Gasteiger partial charge in [-0.05, 0) is 6.07 Å². The minimum atomic E-state index is -4.74. The molecule has 2 aromatic heterocycles. The molecule has 0 spiro atoms. The average molecular weight is 357 g/mol. The molecule has 2 aromatic rings. The number of hydrogen-bond donors (Lipinski definition) is 1. The molecular formula is C14H14F3N5O3. The zero-order valence-corrected chi connectivity index (χ0v) is 13.2. The van der Waals surface area contributed by atoms with Crippen LogP contribution in [0.3, 0.4) is 0 Å². The minimum absolute atomic E-state index is 0.0926. The Morgan fingerprint density at radius 1 is 1.40 bits per heavy atom. The number of pyridine rings is 1. The molecule has 11 heteroatoms. The predicted octanol–water partition coefficient (Wildman–Crippen LogP) is 1.83. The molecule has 0 radical (unpaired) electrons. The van der Waals surface area contributed by atoms with Gasteiger partial charge in [-0.3, -0.25) is 10.2 Å². The second-order valence-corrected chi connectivity index (χ2v) is 5.72. The fourth-order valence-electron chi connectivity index (χ4n) is 2.07. The second kappa shape index (κ2) is 6.22. The van der Waals surface area contributed by atoms with E-state index in [-0.39, 0.29) is 30.1 Å². The molecule has 1 aliphatic heterocycles. The number of halogens is 3. The lowest BCUT2D eigenvalue weighted by molar-refractivity contribution is -0.159. The van der Waals surface area contributed by atoms with Crippen molar-refractivity contribution in [2.24, 2.45) is 11.0 Å². The minimum Gasteiger partial charge on any atom is -0.453 e. The Morgan fingerprint density at radius 2 is 2.16 bits per heavy atom. The van der Waals surface area contributed by atoms with Gasteiger partial charge in [-0.1, -0.05) is 19.0 Å². The number of nitrogens with zero attached hydrogens (tertiary/aromatic N) is 4. The summed E-state index contributed by atoms with van der Waals surface area (Å²) in [4.78, 5) is 15.4. The van der Waals surface area contributed by atoms with Crippen LogP contribution in [-0.4, -0.2) is 26.8 Å². The zero-order valence-electron chi connectivity index (χ0n) is 13.2. The van der Waals surface area contributed by atoms with Crippen LogP contribution in [0.25, 0.3) is 11.4 Å². The van der Waals surface area contributed by atoms with Crippen molar-refractivity contribution >= 4 is 5.90 Å². The predicted molar refractivity (Wildman–Crippen MR) is 79.3 cm³/mol. The first kappa shape index (κ1) is 17.0. The molecule has 1 unspecified atom stereocenters. The van der Waals surface area contributed by atoms with Crippen LogP contribution in [0.1, 0.15) is 19.7 Å². The number of alkyl halides is 3. The summed E-state index contributed by atoms with van der Waals surface area (Å²) >= 11 is 0. The highest BCUT2D eigenvalue weighted by Crippen LogP contribution is 2.29. The maximum atomic E-state index is 12.5. The van der Waals surface area contributed by atoms with Crippen LogP contribution >= 0.6 is 0 Å². The molecule has 0 aliphatic carbocycles. The summed E-state index contributed by atoms with van der Waals surface area (Å²) in [6.45, 7) is 4.00. The summed E-state index contributed by atoms with van der Waals surface area (Å²) in [6, 6.07) is 2.53. The van der Waals surface area contributed by atoms with Crippen molar-refractivity contribution < 1.29 is 22.4 Å². The summed E-state index contributed by atoms with van der Waals surface area (Å²) < 4.78 is 48.5. The van der Waals surface area contributed by atoms with Gasteiger partial charge in [0.05, 0.1) is 0 Å². The van der Waals surface area contributed by atoms with Crippen LogP contribution in [0, 0.1) is 5.92 Å². The average Bonchev–Trinajstić information content (AvgIpc) is 3.18. The van der Waals surface area contributed by atoms with E-state index in [0.29, 0.717) is 5.90 Å². The van der Waals surface area contributed by atoms with E-state index in [1.165, 1.54) is 16.8 Å². The van der Waals surface area contributed by atoms with E-state index in [0.717, 1.165) is 6.07 Å². The molecule has 1 atom stereocenters. The molecule has 0 saturated carbocycles. The molecule has 134 valence electrons. The van der Waals surface area contributed by atoms with E-state index in [2.05, 4.69) is 25.2 Å². The highest BCUT2D eigenvalue weighted by atomic mass is 19.4. The Labute approximate surface area is 139 Å². The number of hydrogen-bond acceptors (Lipinski definition) is 7. The van der Waals surface area contributed by atoms with Crippen molar-refractivity contribution in [3.8, 4) is 11.4 Å². The van der Waals surface area contributed by atoms with E-state index in [1.807, 2.05) is 13.8 Å². The van der Waals surface area contributed by atoms with E-state index in [4.69, 9.17) is 4.74 Å². The summed E-state index contributed by atoms with van der Waals surface area (Å²) in [5.41, 5.74) is 2.47. The summed E-state index contributed by atoms with van der Waals surface area (Å²) in [6.07, 6.45) is -3.60. The first-order valence-electron chi connectivity index (χ1n) is 7.34. The molecule has 0 bridgehead atoms. The topological polar surface area (TPSA) is 94.5 Å². The normalized spacial score (nSPS) is 17.4. The van der Waals surface area contributed by atoms with Crippen molar-refractivity contribution in [3.05, 3.63) is 34.6 Å². The lowest BCUT2D eigenvalue weighted by Crippen LogP contribution is -2.29. The second-order valence-electron chi connectivity index (χ2n) is 5.72. The molecule has 0 saturated heterocycles. The number of hydrazone groups is 1. The van der Waals surface area contributed by atoms with Crippen LogP contribution in [0.15, 0.2) is 32.7 Å². The molecule has 0 aromatic carbocycles. The van der Waals surface area contributed by atoms with Crippen LogP contribution in [0.5, 0.6) is 0 Å². The largest absolute Gasteiger partial charge is 0.471 e. The van der Waals surface area contributed by atoms with Gasteiger partial charge in [0, 0.05) is 23.7 Å². The molecule has 8 nitrogen and oxygen atoms in total. The summed E-state index contributed by atoms with van der Waals surface area (Å²) in [5.74, 6) is -1.24. The maximum Gasteiger partial charge on any atom is 0.471 e. The van der Waals surface area contributed by atoms with Crippen LogP contribution in [0.2, 0.25) is 0 Å². The Kier molecular flexibility index (Phi) is 4.23. The van der Waals surface area contributed by atoms with Crippen molar-refractivity contribution in [2.45, 2.75) is 32.8 Å². The standard InChI is InChI=1S/C14H14F3N5O3/c1-7(2)12-20-19-9(24-12)6-22-4-3-8(5-10(22)23)11-18-13(25-21-11)14(15,16)17/h3-5,7,12,20H,6H2,1-2H3. The van der Waals surface area contributed by atoms with Crippen LogP contribution in [-0.2, 0) is 17.5 Å². The lowest BCUT2D eigenvalue weighted by atomic mass is 10.2. The Bertz CT molecular complexity index is 856. The SMILES string of the molecule is CC(C)C1NN=C(Cn2ccc(-c3noc(C(F)(F)F)n3)cc2=O)O1. The summed E-state index contributed by atoms with van der Waals surface area (Å²) in [7, 11) is 0. The molecule has 0 fully saturated rings. The van der Waals surface area contributed by atoms with Gasteiger partial charge < -0.3 is 13.8 Å². The molecule has 0 amide bonds. The van der Waals surface area contributed by atoms with Gasteiger partial charge in [-0.15, -0.1) is 5.10 Å². The Hall–Kier alpha value is -2.85. The van der Waals surface area contributed by atoms with Crippen molar-refractivity contribution in [2.75, 3.05) is 0 Å². The fourth-order valence-corrected chi connectivity index (χ4v) is 2.07. The van der Waals surface area contributed by atoms with Gasteiger partial charge in [0.1, 0.15) is 6.54 Å². The van der Waals surface area contributed by atoms with Crippen molar-refractivity contribution in [3.63, 3.8) is 0 Å². The number of nitrogens with one attached hydrogen (secondary N) is 1. The third kappa shape index (κ3) is 3.64. The van der Waals surface area contributed by atoms with E-state index in [1.54, 1.807) is 0 Å². The monoisotopic (exact) mass is 357 g/mol. The highest BCUT2D eigenvalue weighted by molar-refractivity contribution is 5.77. The lowest BCUT2D eigenvalue weighted by Gasteiger charge is -2.14. The van der Waals surface area contributed by atoms with Gasteiger partial charge in [-0.25, -0.2) is 0 Å². The molecular weight excluding hydrogens is 343 g/mol. The van der Waals surface area contributed by atoms with Crippen LogP contribution < -0.4 is 11.0 Å². The van der Waals surface area contributed by atoms with E-state index >= 15 is 0 Å². The molecule has 3 heterocycles. The van der Waals surface area contributed by atoms with Gasteiger partial charge in [0.2, 0.25) is 11.7 Å². The number of ether oxygens (including phenoxy) is 1. The summed E-state index contributed by atoms with van der Waals surface area (Å²) in [5, 5.41) is 7.25. The first-order valence-corrected chi connectivity index (χ1v) is 7.34. The Morgan fingerprint density at radius 3 is 2.72 bits per heavy atom. The maximum absolute atomic E-state index is 12.5. The third-order valence-corrected chi connectivity index (χ3v) is 3.41. The molecule has 1 N–H and O–H groups in total. The van der Waals surface area contributed by atoms with E-state index in [9.17, 15) is 18.0 Å². The third-order valence-electron chi connectivity index (χ3n) is 3.41. The fraction of sp³-hybridized carbons (Fsp3) is 0.429. The van der Waals surface area contributed by atoms with Gasteiger partial charge >= 0.3 is 12.1 Å². The quantitative estimate of drug-likeness (QED) is 0.897. The smallest absolute Gasteiger partial charge is 0.453 e. The van der Waals surface area contributed by atoms with Crippen molar-refractivity contribution in [1.82, 2.24) is 20.1 Å². The van der Waals surface area contributed by atoms with Crippen molar-refractivity contribution in [1.29, 1.82) is 0 Å². The Balaban J connectivity index is 1.76. The van der Waals surface area contributed by atoms with Crippen LogP contribution in [0.4, 0.5) is 13.2 Å². The number of rotatable bonds is 4. The zero-order chi connectivity index (χ0) is 18.2. The first-order chi connectivity index (χ1) is 11.7. The molecule has 25 heavy (non-hydrogen) atoms. The number of aromatic nitrogens is 3. The highest BCUT2D eigenvalue weighted by Gasteiger charge is 2.38. The molecule has 1 aliphatic rings. The van der Waals surface area contributed by atoms with Gasteiger partial charge in [-0.2, -0.15) is 18.2 Å². The van der Waals surface area contributed by atoms with E-state index < -0.39 is 17.6 Å². The molecule has 3 rings (SSSR count). The van der Waals surface area contributed by atoms with Gasteiger partial charge in [0.15, 0.2) is 6.23 Å².